The van der Waals surface area contributed by atoms with Gasteiger partial charge in [0.05, 0.1) is 0 Å². The fourth-order valence-corrected chi connectivity index (χ4v) is 1.35. The second-order valence-electron chi connectivity index (χ2n) is 3.15. The molecule has 0 atom stereocenters. The van der Waals surface area contributed by atoms with Crippen LogP contribution in [0.1, 0.15) is 13.8 Å². The van der Waals surface area contributed by atoms with Crippen molar-refractivity contribution in [2.75, 3.05) is 20.8 Å². The van der Waals surface area contributed by atoms with Crippen molar-refractivity contribution in [2.45, 2.75) is 13.8 Å². The SMILES string of the molecule is COP(=O)(/C=C/C=NCC(C)C)OC. The fraction of sp³-hybridized carbons (Fsp3) is 0.667. The summed E-state index contributed by atoms with van der Waals surface area (Å²) in [6.45, 7) is 4.92. The standard InChI is InChI=1S/C9H18NO3P/c1-9(2)8-10-6-5-7-14(11,12-3)13-4/h5-7,9H,8H2,1-4H3/b7-5+,10-6?. The Morgan fingerprint density at radius 3 is 2.36 bits per heavy atom. The van der Waals surface area contributed by atoms with Crippen LogP contribution < -0.4 is 0 Å². The lowest BCUT2D eigenvalue weighted by atomic mass is 10.2. The van der Waals surface area contributed by atoms with Gasteiger partial charge in [0.2, 0.25) is 0 Å². The van der Waals surface area contributed by atoms with E-state index in [4.69, 9.17) is 9.05 Å². The third-order valence-corrected chi connectivity index (χ3v) is 2.99. The summed E-state index contributed by atoms with van der Waals surface area (Å²) in [5.41, 5.74) is 0. The highest BCUT2D eigenvalue weighted by Crippen LogP contribution is 2.47. The molecule has 0 spiro atoms. The summed E-state index contributed by atoms with van der Waals surface area (Å²) in [5.74, 6) is 1.91. The highest BCUT2D eigenvalue weighted by atomic mass is 31.2. The maximum Gasteiger partial charge on any atom is 0.353 e. The Balaban J connectivity index is 4.04. The van der Waals surface area contributed by atoms with Crippen molar-refractivity contribution < 1.29 is 13.6 Å². The predicted molar refractivity (Wildman–Crippen MR) is 59.0 cm³/mol. The van der Waals surface area contributed by atoms with Crippen LogP contribution in [0.2, 0.25) is 0 Å². The van der Waals surface area contributed by atoms with Crippen LogP contribution in [0.3, 0.4) is 0 Å². The van der Waals surface area contributed by atoms with Crippen LogP contribution in [-0.2, 0) is 13.6 Å². The molecular formula is C9H18NO3P. The summed E-state index contributed by atoms with van der Waals surface area (Å²) >= 11 is 0. The van der Waals surface area contributed by atoms with Crippen molar-refractivity contribution in [1.82, 2.24) is 0 Å². The smallest absolute Gasteiger partial charge is 0.309 e. The normalized spacial score (nSPS) is 13.5. The molecule has 0 unspecified atom stereocenters. The van der Waals surface area contributed by atoms with Crippen LogP contribution in [0, 0.1) is 5.92 Å². The van der Waals surface area contributed by atoms with E-state index in [-0.39, 0.29) is 0 Å². The molecule has 0 heterocycles. The summed E-state index contributed by atoms with van der Waals surface area (Å²) in [6, 6.07) is 0. The molecule has 0 N–H and O–H groups in total. The van der Waals surface area contributed by atoms with Gasteiger partial charge in [0, 0.05) is 32.8 Å². The topological polar surface area (TPSA) is 47.9 Å². The molecule has 5 heteroatoms. The molecule has 14 heavy (non-hydrogen) atoms. The van der Waals surface area contributed by atoms with Gasteiger partial charge in [-0.25, -0.2) is 0 Å². The Hall–Kier alpha value is -0.440. The van der Waals surface area contributed by atoms with Gasteiger partial charge in [0.25, 0.3) is 0 Å². The van der Waals surface area contributed by atoms with Gasteiger partial charge in [0.1, 0.15) is 0 Å². The van der Waals surface area contributed by atoms with E-state index in [0.29, 0.717) is 5.92 Å². The van der Waals surface area contributed by atoms with Gasteiger partial charge >= 0.3 is 7.60 Å². The maximum atomic E-state index is 11.5. The van der Waals surface area contributed by atoms with Gasteiger partial charge in [-0.1, -0.05) is 13.8 Å². The molecule has 0 radical (unpaired) electrons. The Morgan fingerprint density at radius 2 is 1.93 bits per heavy atom. The van der Waals surface area contributed by atoms with Crippen molar-refractivity contribution in [3.63, 3.8) is 0 Å². The number of rotatable bonds is 6. The van der Waals surface area contributed by atoms with E-state index >= 15 is 0 Å². The second-order valence-corrected chi connectivity index (χ2v) is 5.26. The van der Waals surface area contributed by atoms with Crippen molar-refractivity contribution in [3.05, 3.63) is 11.9 Å². The molecular weight excluding hydrogens is 201 g/mol. The van der Waals surface area contributed by atoms with E-state index in [1.165, 1.54) is 20.0 Å². The van der Waals surface area contributed by atoms with E-state index in [2.05, 4.69) is 18.8 Å². The summed E-state index contributed by atoms with van der Waals surface area (Å²) in [7, 11) is -0.323. The zero-order valence-electron chi connectivity index (χ0n) is 9.14. The van der Waals surface area contributed by atoms with Crippen LogP contribution in [0.15, 0.2) is 16.9 Å². The highest BCUT2D eigenvalue weighted by molar-refractivity contribution is 7.57. The number of nitrogens with zero attached hydrogens (tertiary/aromatic N) is 1. The van der Waals surface area contributed by atoms with E-state index in [1.54, 1.807) is 12.3 Å². The highest BCUT2D eigenvalue weighted by Gasteiger charge is 2.14. The summed E-state index contributed by atoms with van der Waals surface area (Å²) in [5, 5.41) is 0. The Kier molecular flexibility index (Phi) is 6.71. The molecule has 0 aromatic heterocycles. The van der Waals surface area contributed by atoms with E-state index in [1.807, 2.05) is 0 Å². The van der Waals surface area contributed by atoms with Crippen molar-refractivity contribution in [3.8, 4) is 0 Å². The lowest BCUT2D eigenvalue weighted by Gasteiger charge is -2.06. The summed E-state index contributed by atoms with van der Waals surface area (Å²) < 4.78 is 20.9. The molecule has 0 aliphatic heterocycles. The Bertz CT molecular complexity index is 240. The van der Waals surface area contributed by atoms with Crippen molar-refractivity contribution in [2.24, 2.45) is 10.9 Å². The summed E-state index contributed by atoms with van der Waals surface area (Å²) in [6.07, 6.45) is 3.18. The van der Waals surface area contributed by atoms with Crippen LogP contribution >= 0.6 is 7.60 Å². The second kappa shape index (κ2) is 6.93. The monoisotopic (exact) mass is 219 g/mol. The van der Waals surface area contributed by atoms with Crippen LogP contribution in [-0.4, -0.2) is 27.0 Å². The van der Waals surface area contributed by atoms with Gasteiger partial charge in [-0.05, 0) is 12.0 Å². The molecule has 4 nitrogen and oxygen atoms in total. The zero-order valence-corrected chi connectivity index (χ0v) is 10.0. The first kappa shape index (κ1) is 13.6. The maximum absolute atomic E-state index is 11.5. The average Bonchev–Trinajstić information content (AvgIpc) is 2.16. The first-order valence-electron chi connectivity index (χ1n) is 4.43. The van der Waals surface area contributed by atoms with Crippen LogP contribution in [0.5, 0.6) is 0 Å². The summed E-state index contributed by atoms with van der Waals surface area (Å²) in [4.78, 5) is 4.10. The number of hydrogen-bond donors (Lipinski definition) is 0. The lowest BCUT2D eigenvalue weighted by Crippen LogP contribution is -1.91. The molecule has 0 amide bonds. The first-order chi connectivity index (χ1) is 6.54. The minimum absolute atomic E-state index is 0.524. The lowest BCUT2D eigenvalue weighted by molar-refractivity contribution is 0.286. The molecule has 0 rings (SSSR count). The van der Waals surface area contributed by atoms with Gasteiger partial charge < -0.3 is 9.05 Å². The largest absolute Gasteiger partial charge is 0.353 e. The van der Waals surface area contributed by atoms with Gasteiger partial charge in [-0.2, -0.15) is 0 Å². The van der Waals surface area contributed by atoms with Crippen LogP contribution in [0.4, 0.5) is 0 Å². The third kappa shape index (κ3) is 6.08. The molecule has 82 valence electrons. The molecule has 0 aromatic carbocycles. The van der Waals surface area contributed by atoms with Crippen molar-refractivity contribution >= 4 is 13.8 Å². The molecule has 0 aromatic rings. The number of aliphatic imine (C=N–C) groups is 1. The van der Waals surface area contributed by atoms with E-state index in [9.17, 15) is 4.57 Å². The average molecular weight is 219 g/mol. The Morgan fingerprint density at radius 1 is 1.36 bits per heavy atom. The molecule has 0 saturated heterocycles. The minimum atomic E-state index is -3.02. The number of hydrogen-bond acceptors (Lipinski definition) is 4. The van der Waals surface area contributed by atoms with E-state index in [0.717, 1.165) is 6.54 Å². The van der Waals surface area contributed by atoms with Gasteiger partial charge in [0.15, 0.2) is 0 Å². The first-order valence-corrected chi connectivity index (χ1v) is 6.04. The minimum Gasteiger partial charge on any atom is -0.309 e. The zero-order chi connectivity index (χ0) is 11.0. The molecule has 0 aliphatic carbocycles. The van der Waals surface area contributed by atoms with E-state index < -0.39 is 7.60 Å². The van der Waals surface area contributed by atoms with Crippen LogP contribution in [0.25, 0.3) is 0 Å². The third-order valence-electron chi connectivity index (χ3n) is 1.44. The molecule has 0 saturated carbocycles. The van der Waals surface area contributed by atoms with Gasteiger partial charge in [-0.3, -0.25) is 9.56 Å². The Labute approximate surface area is 85.6 Å². The quantitative estimate of drug-likeness (QED) is 0.509. The van der Waals surface area contributed by atoms with Crippen molar-refractivity contribution in [1.29, 1.82) is 0 Å². The fourth-order valence-electron chi connectivity index (χ4n) is 0.673. The predicted octanol–water partition coefficient (Wildman–Crippen LogP) is 2.71. The van der Waals surface area contributed by atoms with Gasteiger partial charge in [-0.15, -0.1) is 0 Å². The molecule has 0 aliphatic rings. The molecule has 0 fully saturated rings. The molecule has 0 bridgehead atoms. The number of allylic oxidation sites excluding steroid dienone is 1.